The van der Waals surface area contributed by atoms with Gasteiger partial charge < -0.3 is 0 Å². The molecular formula is C7H16NOP. The van der Waals surface area contributed by atoms with E-state index < -0.39 is 7.41 Å². The van der Waals surface area contributed by atoms with E-state index in [4.69, 9.17) is 0 Å². The Balaban J connectivity index is 2.57. The van der Waals surface area contributed by atoms with Crippen LogP contribution in [0.5, 0.6) is 0 Å². The minimum atomic E-state index is -1.44. The van der Waals surface area contributed by atoms with Crippen LogP contribution in [0.3, 0.4) is 0 Å². The third-order valence-corrected chi connectivity index (χ3v) is 7.05. The van der Waals surface area contributed by atoms with Gasteiger partial charge in [-0.25, -0.2) is 0 Å². The van der Waals surface area contributed by atoms with Crippen molar-refractivity contribution in [2.45, 2.75) is 20.3 Å². The zero-order valence-electron chi connectivity index (χ0n) is 6.72. The number of hydrogen-bond donors (Lipinski definition) is 1. The molecule has 60 valence electrons. The maximum atomic E-state index is 9.27. The standard InChI is InChI=1S/C7H16NOP/c1-4-6-10(5-2)7(3)8(10)9/h9-10H,3-6H2,1-2H3. The zero-order chi connectivity index (χ0) is 7.78. The number of rotatable bonds is 3. The number of hydroxylamine groups is 1. The molecule has 0 radical (unpaired) electrons. The molecule has 1 N–H and O–H groups in total. The summed E-state index contributed by atoms with van der Waals surface area (Å²) in [6.45, 7) is 8.13. The van der Waals surface area contributed by atoms with Crippen molar-refractivity contribution < 1.29 is 5.21 Å². The molecule has 0 aromatic heterocycles. The maximum absolute atomic E-state index is 9.27. The molecule has 0 atom stereocenters. The van der Waals surface area contributed by atoms with Crippen LogP contribution < -0.4 is 0 Å². The van der Waals surface area contributed by atoms with Crippen LogP contribution in [0.1, 0.15) is 20.3 Å². The Morgan fingerprint density at radius 3 is 2.20 bits per heavy atom. The van der Waals surface area contributed by atoms with Gasteiger partial charge in [0.2, 0.25) is 0 Å². The van der Waals surface area contributed by atoms with E-state index in [1.165, 1.54) is 11.0 Å². The molecule has 2 nitrogen and oxygen atoms in total. The van der Waals surface area contributed by atoms with Crippen LogP contribution in [0.25, 0.3) is 0 Å². The summed E-state index contributed by atoms with van der Waals surface area (Å²) in [4.78, 5) is 1.44. The van der Waals surface area contributed by atoms with Gasteiger partial charge in [-0.15, -0.1) is 0 Å². The summed E-state index contributed by atoms with van der Waals surface area (Å²) in [5, 5.41) is 9.27. The fraction of sp³-hybridized carbons (Fsp3) is 0.714. The molecule has 1 aliphatic rings. The van der Waals surface area contributed by atoms with Crippen molar-refractivity contribution in [3.63, 3.8) is 0 Å². The second kappa shape index (κ2) is 2.52. The van der Waals surface area contributed by atoms with E-state index in [2.05, 4.69) is 20.4 Å². The van der Waals surface area contributed by atoms with Crippen molar-refractivity contribution in [3.05, 3.63) is 12.0 Å². The van der Waals surface area contributed by atoms with E-state index in [0.717, 1.165) is 18.0 Å². The summed E-state index contributed by atoms with van der Waals surface area (Å²) in [6.07, 6.45) is 3.44. The van der Waals surface area contributed by atoms with Crippen LogP contribution in [0, 0.1) is 0 Å². The average molecular weight is 161 g/mol. The van der Waals surface area contributed by atoms with E-state index >= 15 is 0 Å². The van der Waals surface area contributed by atoms with Crippen molar-refractivity contribution in [1.82, 2.24) is 4.83 Å². The second-order valence-corrected chi connectivity index (χ2v) is 7.16. The Morgan fingerprint density at radius 2 is 2.10 bits per heavy atom. The summed E-state index contributed by atoms with van der Waals surface area (Å²) in [5.41, 5.74) is 1.02. The Labute approximate surface area is 62.9 Å². The van der Waals surface area contributed by atoms with Gasteiger partial charge in [0.1, 0.15) is 0 Å². The summed E-state index contributed by atoms with van der Waals surface area (Å²) < 4.78 is 0. The van der Waals surface area contributed by atoms with E-state index in [1.54, 1.807) is 0 Å². The van der Waals surface area contributed by atoms with Crippen LogP contribution in [0.2, 0.25) is 0 Å². The van der Waals surface area contributed by atoms with Gasteiger partial charge in [-0.1, -0.05) is 0 Å². The molecule has 0 aliphatic carbocycles. The first kappa shape index (κ1) is 8.03. The molecular weight excluding hydrogens is 145 g/mol. The van der Waals surface area contributed by atoms with Gasteiger partial charge in [-0.3, -0.25) is 0 Å². The van der Waals surface area contributed by atoms with Crippen molar-refractivity contribution >= 4 is 7.41 Å². The van der Waals surface area contributed by atoms with Crippen molar-refractivity contribution in [2.24, 2.45) is 0 Å². The molecule has 0 amide bonds. The molecule has 1 saturated heterocycles. The van der Waals surface area contributed by atoms with Gasteiger partial charge >= 0.3 is 62.1 Å². The monoisotopic (exact) mass is 161 g/mol. The normalized spacial score (nSPS) is 24.7. The first-order valence-corrected chi connectivity index (χ1v) is 6.23. The molecule has 0 saturated carbocycles. The predicted octanol–water partition coefficient (Wildman–Crippen LogP) is 2.26. The SMILES string of the molecule is C=C1N(O)[PH]1(CC)CCC. The van der Waals surface area contributed by atoms with E-state index in [0.29, 0.717) is 0 Å². The Morgan fingerprint density at radius 1 is 1.60 bits per heavy atom. The van der Waals surface area contributed by atoms with Crippen LogP contribution in [-0.2, 0) is 0 Å². The van der Waals surface area contributed by atoms with Crippen LogP contribution in [0.15, 0.2) is 12.0 Å². The van der Waals surface area contributed by atoms with Crippen molar-refractivity contribution in [3.8, 4) is 0 Å². The molecule has 1 fully saturated rings. The fourth-order valence-corrected chi connectivity index (χ4v) is 5.13. The van der Waals surface area contributed by atoms with Gasteiger partial charge in [0.05, 0.1) is 0 Å². The molecule has 0 aromatic rings. The van der Waals surface area contributed by atoms with E-state index in [-0.39, 0.29) is 0 Å². The molecule has 1 aliphatic heterocycles. The van der Waals surface area contributed by atoms with E-state index in [1.807, 2.05) is 0 Å². The molecule has 1 rings (SSSR count). The van der Waals surface area contributed by atoms with Gasteiger partial charge in [0, 0.05) is 0 Å². The Hall–Kier alpha value is -0.0700. The molecule has 0 spiro atoms. The van der Waals surface area contributed by atoms with Gasteiger partial charge in [0.15, 0.2) is 0 Å². The zero-order valence-corrected chi connectivity index (χ0v) is 7.72. The summed E-state index contributed by atoms with van der Waals surface area (Å²) in [5.74, 6) is 0. The average Bonchev–Trinajstić information content (AvgIpc) is 2.43. The number of hydrogen-bond acceptors (Lipinski definition) is 2. The van der Waals surface area contributed by atoms with Crippen LogP contribution in [-0.4, -0.2) is 22.4 Å². The minimum absolute atomic E-state index is 1.02. The van der Waals surface area contributed by atoms with Gasteiger partial charge in [-0.2, -0.15) is 0 Å². The van der Waals surface area contributed by atoms with Crippen molar-refractivity contribution in [2.75, 3.05) is 12.3 Å². The number of nitrogens with zero attached hydrogens (tertiary/aromatic N) is 1. The van der Waals surface area contributed by atoms with Crippen LogP contribution >= 0.6 is 7.41 Å². The molecule has 0 bridgehead atoms. The Kier molecular flexibility index (Phi) is 2.02. The molecule has 1 heterocycles. The second-order valence-electron chi connectivity index (χ2n) is 2.89. The van der Waals surface area contributed by atoms with Crippen LogP contribution in [0.4, 0.5) is 0 Å². The first-order valence-electron chi connectivity index (χ1n) is 3.87. The Bertz CT molecular complexity index is 160. The third kappa shape index (κ3) is 0.869. The fourth-order valence-electron chi connectivity index (χ4n) is 1.55. The van der Waals surface area contributed by atoms with Gasteiger partial charge in [0.25, 0.3) is 0 Å². The van der Waals surface area contributed by atoms with Gasteiger partial charge in [-0.05, 0) is 0 Å². The molecule has 10 heavy (non-hydrogen) atoms. The molecule has 0 aromatic carbocycles. The molecule has 0 unspecified atom stereocenters. The summed E-state index contributed by atoms with van der Waals surface area (Å²) >= 11 is 0. The summed E-state index contributed by atoms with van der Waals surface area (Å²) in [7, 11) is -1.44. The van der Waals surface area contributed by atoms with E-state index in [9.17, 15) is 5.21 Å². The predicted molar refractivity (Wildman–Crippen MR) is 46.8 cm³/mol. The first-order chi connectivity index (χ1) is 4.69. The quantitative estimate of drug-likeness (QED) is 0.507. The van der Waals surface area contributed by atoms with Crippen molar-refractivity contribution in [1.29, 1.82) is 0 Å². The third-order valence-electron chi connectivity index (χ3n) is 2.40. The summed E-state index contributed by atoms with van der Waals surface area (Å²) in [6, 6.07) is 0. The topological polar surface area (TPSA) is 23.2 Å². The molecule has 3 heteroatoms.